The van der Waals surface area contributed by atoms with Crippen LogP contribution in [0.1, 0.15) is 30.7 Å². The number of amides is 1. The monoisotopic (exact) mass is 397 g/mol. The molecule has 2 aromatic rings. The summed E-state index contributed by atoms with van der Waals surface area (Å²) in [7, 11) is 1.71. The fraction of sp³-hybridized carbons (Fsp3) is 0.435. The van der Waals surface area contributed by atoms with Gasteiger partial charge in [0.1, 0.15) is 12.0 Å². The van der Waals surface area contributed by atoms with Crippen molar-refractivity contribution in [1.29, 1.82) is 0 Å². The number of thiol groups is 1. The third-order valence-electron chi connectivity index (χ3n) is 5.91. The Morgan fingerprint density at radius 2 is 1.89 bits per heavy atom. The lowest BCUT2D eigenvalue weighted by Gasteiger charge is -2.31. The van der Waals surface area contributed by atoms with Crippen molar-refractivity contribution in [3.63, 3.8) is 0 Å². The summed E-state index contributed by atoms with van der Waals surface area (Å²) in [5, 5.41) is 0. The second-order valence-electron chi connectivity index (χ2n) is 7.71. The van der Waals surface area contributed by atoms with E-state index in [9.17, 15) is 4.79 Å². The number of carbonyl (C=O) groups excluding carboxylic acids is 1. The zero-order valence-electron chi connectivity index (χ0n) is 16.6. The molecule has 1 saturated carbocycles. The van der Waals surface area contributed by atoms with Crippen LogP contribution in [0.4, 0.5) is 0 Å². The van der Waals surface area contributed by atoms with E-state index in [2.05, 4.69) is 46.2 Å². The first-order valence-electron chi connectivity index (χ1n) is 10.1. The maximum Gasteiger partial charge on any atom is 0.226 e. The SMILES string of the molecule is COc1ccccc1-c1ccccc1C1CC1C(=O)N1CCCC(N[SH+]C)C1. The number of rotatable bonds is 6. The highest BCUT2D eigenvalue weighted by Gasteiger charge is 2.47. The summed E-state index contributed by atoms with van der Waals surface area (Å²) >= 11 is 1.19. The van der Waals surface area contributed by atoms with Crippen LogP contribution in [0.2, 0.25) is 0 Å². The maximum atomic E-state index is 13.1. The largest absolute Gasteiger partial charge is 0.496 e. The average Bonchev–Trinajstić information content (AvgIpc) is 3.54. The summed E-state index contributed by atoms with van der Waals surface area (Å²) in [5.74, 6) is 1.64. The summed E-state index contributed by atoms with van der Waals surface area (Å²) in [6, 6.07) is 17.0. The van der Waals surface area contributed by atoms with E-state index in [0.717, 1.165) is 43.7 Å². The molecular formula is C23H29N2O2S+. The normalized spacial score (nSPS) is 24.1. The molecule has 3 atom stereocenters. The van der Waals surface area contributed by atoms with Gasteiger partial charge in [-0.3, -0.25) is 4.79 Å². The molecule has 1 aliphatic heterocycles. The molecule has 2 fully saturated rings. The number of hydrogen-bond acceptors (Lipinski definition) is 3. The molecule has 3 unspecified atom stereocenters. The van der Waals surface area contributed by atoms with Crippen molar-refractivity contribution in [1.82, 2.24) is 9.62 Å². The van der Waals surface area contributed by atoms with Crippen molar-refractivity contribution in [2.45, 2.75) is 31.2 Å². The van der Waals surface area contributed by atoms with Crippen molar-refractivity contribution in [3.05, 3.63) is 54.1 Å². The van der Waals surface area contributed by atoms with Crippen LogP contribution < -0.4 is 9.46 Å². The number of nitrogens with one attached hydrogen (secondary N) is 1. The highest BCUT2D eigenvalue weighted by atomic mass is 32.2. The Bertz CT molecular complexity index is 839. The first-order valence-corrected chi connectivity index (χ1v) is 11.4. The summed E-state index contributed by atoms with van der Waals surface area (Å²) in [5.41, 5.74) is 3.55. The third kappa shape index (κ3) is 3.91. The minimum Gasteiger partial charge on any atom is -0.496 e. The minimum absolute atomic E-state index is 0.119. The number of nitrogens with zero attached hydrogens (tertiary/aromatic N) is 1. The smallest absolute Gasteiger partial charge is 0.226 e. The van der Waals surface area contributed by atoms with Gasteiger partial charge in [-0.15, -0.1) is 4.72 Å². The molecule has 1 heterocycles. The molecule has 1 saturated heterocycles. The van der Waals surface area contributed by atoms with Gasteiger partial charge in [0.2, 0.25) is 5.91 Å². The Morgan fingerprint density at radius 3 is 2.68 bits per heavy atom. The Kier molecular flexibility index (Phi) is 5.93. The van der Waals surface area contributed by atoms with Crippen LogP contribution in [0.5, 0.6) is 5.75 Å². The zero-order chi connectivity index (χ0) is 19.5. The number of benzene rings is 2. The van der Waals surface area contributed by atoms with E-state index in [0.29, 0.717) is 17.9 Å². The summed E-state index contributed by atoms with van der Waals surface area (Å²) in [6.07, 6.45) is 5.31. The van der Waals surface area contributed by atoms with Crippen LogP contribution in [0.15, 0.2) is 48.5 Å². The van der Waals surface area contributed by atoms with Crippen molar-refractivity contribution in [3.8, 4) is 16.9 Å². The summed E-state index contributed by atoms with van der Waals surface area (Å²) < 4.78 is 9.06. The number of hydrogen-bond donors (Lipinski definition) is 1. The quantitative estimate of drug-likeness (QED) is 0.600. The van der Waals surface area contributed by atoms with E-state index in [1.165, 1.54) is 23.1 Å². The Morgan fingerprint density at radius 1 is 1.14 bits per heavy atom. The fourth-order valence-electron chi connectivity index (χ4n) is 4.44. The number of piperidine rings is 1. The van der Waals surface area contributed by atoms with Gasteiger partial charge in [0.25, 0.3) is 0 Å². The summed E-state index contributed by atoms with van der Waals surface area (Å²) in [4.78, 5) is 15.2. The van der Waals surface area contributed by atoms with E-state index in [1.54, 1.807) is 7.11 Å². The van der Waals surface area contributed by atoms with Crippen LogP contribution in [0, 0.1) is 5.92 Å². The van der Waals surface area contributed by atoms with Gasteiger partial charge in [0, 0.05) is 24.6 Å². The molecule has 2 aliphatic rings. The molecule has 28 heavy (non-hydrogen) atoms. The Balaban J connectivity index is 1.52. The molecule has 0 bridgehead atoms. The molecule has 2 aromatic carbocycles. The van der Waals surface area contributed by atoms with E-state index in [-0.39, 0.29) is 5.92 Å². The van der Waals surface area contributed by atoms with Gasteiger partial charge in [-0.05, 0) is 42.4 Å². The second-order valence-corrected chi connectivity index (χ2v) is 8.42. The topological polar surface area (TPSA) is 41.6 Å². The fourth-order valence-corrected chi connectivity index (χ4v) is 5.02. The number of carbonyl (C=O) groups is 1. The molecule has 4 rings (SSSR count). The van der Waals surface area contributed by atoms with Gasteiger partial charge in [-0.25, -0.2) is 0 Å². The highest BCUT2D eigenvalue weighted by molar-refractivity contribution is 7.75. The number of methoxy groups -OCH3 is 1. The van der Waals surface area contributed by atoms with Crippen molar-refractivity contribution in [2.75, 3.05) is 26.5 Å². The molecule has 1 amide bonds. The maximum absolute atomic E-state index is 13.1. The van der Waals surface area contributed by atoms with Gasteiger partial charge in [-0.2, -0.15) is 0 Å². The van der Waals surface area contributed by atoms with Crippen LogP contribution in [-0.2, 0) is 16.7 Å². The highest BCUT2D eigenvalue weighted by Crippen LogP contribution is 2.52. The Hall–Kier alpha value is -1.98. The molecule has 1 N–H and O–H groups in total. The minimum atomic E-state index is 0.119. The molecule has 148 valence electrons. The average molecular weight is 398 g/mol. The predicted molar refractivity (Wildman–Crippen MR) is 117 cm³/mol. The van der Waals surface area contributed by atoms with E-state index < -0.39 is 0 Å². The van der Waals surface area contributed by atoms with Crippen LogP contribution in [0.3, 0.4) is 0 Å². The van der Waals surface area contributed by atoms with Crippen LogP contribution in [-0.4, -0.2) is 43.3 Å². The standard InChI is InChI=1S/C23H28N2O2S/c1-27-22-12-6-5-11-19(22)17-9-3-4-10-18(17)20-14-21(20)23(26)25-13-7-8-16(15-25)24-28-2/h3-6,9-12,16,20-21,24H,7-8,13-15H2,1-2H3/p+1. The lowest BCUT2D eigenvalue weighted by atomic mass is 9.95. The molecule has 1 aliphatic carbocycles. The molecule has 4 nitrogen and oxygen atoms in total. The summed E-state index contributed by atoms with van der Waals surface area (Å²) in [6.45, 7) is 1.74. The molecular weight excluding hydrogens is 368 g/mol. The second kappa shape index (κ2) is 8.58. The van der Waals surface area contributed by atoms with Gasteiger partial charge in [0.15, 0.2) is 0 Å². The predicted octanol–water partition coefficient (Wildman–Crippen LogP) is 3.41. The lowest BCUT2D eigenvalue weighted by Crippen LogP contribution is -2.48. The van der Waals surface area contributed by atoms with Crippen molar-refractivity contribution in [2.24, 2.45) is 5.92 Å². The third-order valence-corrected chi connectivity index (χ3v) is 6.53. The number of ether oxygens (including phenoxy) is 1. The Labute approximate surface area is 171 Å². The molecule has 0 spiro atoms. The molecule has 0 radical (unpaired) electrons. The van der Waals surface area contributed by atoms with E-state index >= 15 is 0 Å². The first-order chi connectivity index (χ1) is 13.7. The van der Waals surface area contributed by atoms with Gasteiger partial charge in [0.05, 0.1) is 25.1 Å². The van der Waals surface area contributed by atoms with Crippen molar-refractivity contribution < 1.29 is 9.53 Å². The van der Waals surface area contributed by atoms with E-state index in [1.807, 2.05) is 18.2 Å². The van der Waals surface area contributed by atoms with Crippen LogP contribution in [0.25, 0.3) is 11.1 Å². The molecule has 5 heteroatoms. The van der Waals surface area contributed by atoms with Gasteiger partial charge >= 0.3 is 0 Å². The van der Waals surface area contributed by atoms with E-state index in [4.69, 9.17) is 4.74 Å². The zero-order valence-corrected chi connectivity index (χ0v) is 17.5. The first kappa shape index (κ1) is 19.3. The lowest BCUT2D eigenvalue weighted by molar-refractivity contribution is -0.133. The van der Waals surface area contributed by atoms with Gasteiger partial charge in [-0.1, -0.05) is 42.5 Å². The van der Waals surface area contributed by atoms with Gasteiger partial charge < -0.3 is 9.64 Å². The van der Waals surface area contributed by atoms with Crippen LogP contribution >= 0.6 is 0 Å². The number of likely N-dealkylation sites (tertiary alicyclic amines) is 1. The number of para-hydroxylation sites is 1. The molecule has 0 aromatic heterocycles. The van der Waals surface area contributed by atoms with Crippen molar-refractivity contribution >= 4 is 17.9 Å².